The zero-order valence-corrected chi connectivity index (χ0v) is 18.3. The van der Waals surface area contributed by atoms with Gasteiger partial charge in [0.05, 0.1) is 11.4 Å². The number of fused-ring (bicyclic) bond motifs is 5. The molecule has 0 aromatic carbocycles. The van der Waals surface area contributed by atoms with Crippen LogP contribution >= 0.6 is 15.9 Å². The van der Waals surface area contributed by atoms with Gasteiger partial charge in [0.15, 0.2) is 5.78 Å². The summed E-state index contributed by atoms with van der Waals surface area (Å²) in [6, 6.07) is 0. The smallest absolute Gasteiger partial charge is 0.175 e. The number of carbonyl (C=O) groups excluding carboxylic acids is 2. The van der Waals surface area contributed by atoms with Crippen LogP contribution in [0.2, 0.25) is 0 Å². The Morgan fingerprint density at radius 1 is 1.11 bits per heavy atom. The summed E-state index contributed by atoms with van der Waals surface area (Å²) in [5.41, 5.74) is -2.12. The molecule has 0 bridgehead atoms. The number of rotatable bonds is 2. The van der Waals surface area contributed by atoms with E-state index < -0.39 is 11.0 Å². The normalized spacial score (nSPS) is 54.8. The Kier molecular flexibility index (Phi) is 4.54. The monoisotopic (exact) mass is 440 g/mol. The van der Waals surface area contributed by atoms with Crippen molar-refractivity contribution in [1.82, 2.24) is 0 Å². The maximum atomic E-state index is 13.6. The van der Waals surface area contributed by atoms with E-state index in [2.05, 4.69) is 29.8 Å². The van der Waals surface area contributed by atoms with Crippen LogP contribution < -0.4 is 0 Å². The van der Waals surface area contributed by atoms with Gasteiger partial charge in [-0.3, -0.25) is 9.59 Å². The molecule has 152 valence electrons. The zero-order valence-electron chi connectivity index (χ0n) is 16.8. The Bertz CT molecular complexity index is 679. The summed E-state index contributed by atoms with van der Waals surface area (Å²) in [4.78, 5) is 26.2. The number of halogens is 1. The molecule has 0 aliphatic heterocycles. The summed E-state index contributed by atoms with van der Waals surface area (Å²) in [6.07, 6.45) is 5.80. The molecule has 0 saturated heterocycles. The highest BCUT2D eigenvalue weighted by atomic mass is 79.9. The summed E-state index contributed by atoms with van der Waals surface area (Å²) in [5.74, 6) is 0.545. The molecule has 0 amide bonds. The SMILES string of the molecule is C[C@@]12CC[C@H]3[C@H]4CC[C@](O)(C(=O)CBr)[C@]4(C)CC(=O)[C@@H]3[C@]1(C)CC[C@H](O)C2. The number of alkyl halides is 1. The lowest BCUT2D eigenvalue weighted by molar-refractivity contribution is -0.191. The van der Waals surface area contributed by atoms with Gasteiger partial charge >= 0.3 is 0 Å². The van der Waals surface area contributed by atoms with E-state index in [1.54, 1.807) is 0 Å². The lowest BCUT2D eigenvalue weighted by atomic mass is 9.40. The number of ketones is 2. The van der Waals surface area contributed by atoms with Gasteiger partial charge in [0, 0.05) is 17.8 Å². The second kappa shape index (κ2) is 6.12. The quantitative estimate of drug-likeness (QED) is 0.642. The van der Waals surface area contributed by atoms with Gasteiger partial charge in [-0.25, -0.2) is 0 Å². The fraction of sp³-hybridized carbons (Fsp3) is 0.909. The molecular weight excluding hydrogens is 408 g/mol. The first kappa shape index (κ1) is 20.0. The number of hydrogen-bond donors (Lipinski definition) is 2. The number of aliphatic hydroxyl groups is 2. The average Bonchev–Trinajstić information content (AvgIpc) is 2.87. The third-order valence-electron chi connectivity index (χ3n) is 9.77. The van der Waals surface area contributed by atoms with E-state index in [0.29, 0.717) is 12.8 Å². The summed E-state index contributed by atoms with van der Waals surface area (Å²) in [6.45, 7) is 6.53. The molecule has 5 heteroatoms. The van der Waals surface area contributed by atoms with E-state index in [-0.39, 0.29) is 51.6 Å². The lowest BCUT2D eigenvalue weighted by Gasteiger charge is -2.64. The number of aliphatic hydroxyl groups excluding tert-OH is 1. The van der Waals surface area contributed by atoms with Gasteiger partial charge < -0.3 is 10.2 Å². The Hall–Kier alpha value is -0.260. The molecule has 0 unspecified atom stereocenters. The summed E-state index contributed by atoms with van der Waals surface area (Å²) < 4.78 is 0. The number of Topliss-reactive ketones (excluding diaryl/α,β-unsaturated/α-hetero) is 2. The van der Waals surface area contributed by atoms with Crippen molar-refractivity contribution < 1.29 is 19.8 Å². The van der Waals surface area contributed by atoms with Crippen molar-refractivity contribution in [3.8, 4) is 0 Å². The Morgan fingerprint density at radius 2 is 1.81 bits per heavy atom. The Labute approximate surface area is 170 Å². The maximum absolute atomic E-state index is 13.6. The topological polar surface area (TPSA) is 74.6 Å². The van der Waals surface area contributed by atoms with E-state index in [0.717, 1.165) is 38.5 Å². The van der Waals surface area contributed by atoms with Crippen LogP contribution in [0.15, 0.2) is 0 Å². The van der Waals surface area contributed by atoms with Crippen molar-refractivity contribution in [1.29, 1.82) is 0 Å². The molecule has 8 atom stereocenters. The van der Waals surface area contributed by atoms with Gasteiger partial charge in [-0.05, 0) is 67.6 Å². The molecule has 0 radical (unpaired) electrons. The van der Waals surface area contributed by atoms with Crippen LogP contribution in [0.25, 0.3) is 0 Å². The van der Waals surface area contributed by atoms with Crippen LogP contribution in [0.3, 0.4) is 0 Å². The fourth-order valence-electron chi connectivity index (χ4n) is 7.97. The zero-order chi connectivity index (χ0) is 19.8. The second-order valence-electron chi connectivity index (χ2n) is 10.7. The average molecular weight is 441 g/mol. The molecule has 0 spiro atoms. The molecule has 2 N–H and O–H groups in total. The molecule has 4 aliphatic carbocycles. The molecule has 0 aromatic heterocycles. The highest BCUT2D eigenvalue weighted by Crippen LogP contribution is 2.70. The molecular formula is C22H33BrO4. The van der Waals surface area contributed by atoms with Crippen LogP contribution in [-0.4, -0.2) is 38.8 Å². The molecule has 4 rings (SSSR count). The highest BCUT2D eigenvalue weighted by Gasteiger charge is 2.70. The molecule has 0 heterocycles. The van der Waals surface area contributed by atoms with Crippen molar-refractivity contribution >= 4 is 27.5 Å². The van der Waals surface area contributed by atoms with Crippen LogP contribution in [0, 0.1) is 34.0 Å². The number of carbonyl (C=O) groups is 2. The Morgan fingerprint density at radius 3 is 2.48 bits per heavy atom. The van der Waals surface area contributed by atoms with E-state index in [1.165, 1.54) is 0 Å². The van der Waals surface area contributed by atoms with Gasteiger partial charge in [0.1, 0.15) is 11.4 Å². The first-order valence-corrected chi connectivity index (χ1v) is 11.7. The predicted molar refractivity (Wildman–Crippen MR) is 106 cm³/mol. The molecule has 4 aliphatic rings. The molecule has 4 saturated carbocycles. The summed E-state index contributed by atoms with van der Waals surface area (Å²) >= 11 is 3.23. The Balaban J connectivity index is 1.73. The predicted octanol–water partition coefficient (Wildman–Crippen LogP) is 3.65. The summed E-state index contributed by atoms with van der Waals surface area (Å²) in [7, 11) is 0. The van der Waals surface area contributed by atoms with Crippen molar-refractivity contribution in [3.05, 3.63) is 0 Å². The van der Waals surface area contributed by atoms with Gasteiger partial charge in [0.25, 0.3) is 0 Å². The van der Waals surface area contributed by atoms with E-state index in [4.69, 9.17) is 0 Å². The third kappa shape index (κ3) is 2.40. The lowest BCUT2D eigenvalue weighted by Crippen LogP contribution is -2.64. The minimum Gasteiger partial charge on any atom is -0.393 e. The standard InChI is InChI=1S/C22H33BrO4/c1-19-7-5-14-15-6-9-22(27,17(26)12-23)21(15,3)11-16(25)18(14)20(19,2)8-4-13(24)10-19/h13-15,18,24,27H,4-12H2,1-3H3/t13-,14-,15+,18+,19-,20-,21+,22-/m0/s1. The molecule has 4 fully saturated rings. The van der Waals surface area contributed by atoms with Crippen molar-refractivity contribution in [2.24, 2.45) is 34.0 Å². The van der Waals surface area contributed by atoms with E-state index >= 15 is 0 Å². The van der Waals surface area contributed by atoms with E-state index in [9.17, 15) is 19.8 Å². The van der Waals surface area contributed by atoms with Gasteiger partial charge in [-0.15, -0.1) is 0 Å². The minimum atomic E-state index is -1.38. The van der Waals surface area contributed by atoms with Crippen LogP contribution in [0.5, 0.6) is 0 Å². The third-order valence-corrected chi connectivity index (χ3v) is 10.3. The molecule has 27 heavy (non-hydrogen) atoms. The first-order chi connectivity index (χ1) is 12.5. The van der Waals surface area contributed by atoms with Crippen molar-refractivity contribution in [2.75, 3.05) is 5.33 Å². The highest BCUT2D eigenvalue weighted by molar-refractivity contribution is 9.09. The summed E-state index contributed by atoms with van der Waals surface area (Å²) in [5, 5.41) is 21.8. The van der Waals surface area contributed by atoms with Crippen molar-refractivity contribution in [3.63, 3.8) is 0 Å². The maximum Gasteiger partial charge on any atom is 0.175 e. The fourth-order valence-corrected chi connectivity index (χ4v) is 8.44. The van der Waals surface area contributed by atoms with E-state index in [1.807, 2.05) is 6.92 Å². The number of hydrogen-bond acceptors (Lipinski definition) is 4. The first-order valence-electron chi connectivity index (χ1n) is 10.5. The van der Waals surface area contributed by atoms with Crippen LogP contribution in [0.4, 0.5) is 0 Å². The van der Waals surface area contributed by atoms with Crippen molar-refractivity contribution in [2.45, 2.75) is 83.8 Å². The second-order valence-corrected chi connectivity index (χ2v) is 11.2. The van der Waals surface area contributed by atoms with Gasteiger partial charge in [0.2, 0.25) is 0 Å². The largest absolute Gasteiger partial charge is 0.393 e. The minimum absolute atomic E-state index is 0.00301. The van der Waals surface area contributed by atoms with Gasteiger partial charge in [-0.1, -0.05) is 36.7 Å². The van der Waals surface area contributed by atoms with Crippen LogP contribution in [0.1, 0.15) is 72.1 Å². The van der Waals surface area contributed by atoms with Crippen LogP contribution in [-0.2, 0) is 9.59 Å². The molecule has 0 aromatic rings. The van der Waals surface area contributed by atoms with Gasteiger partial charge in [-0.2, -0.15) is 0 Å². The molecule has 4 nitrogen and oxygen atoms in total.